The molecule has 0 radical (unpaired) electrons. The predicted molar refractivity (Wildman–Crippen MR) is 105 cm³/mol. The largest absolute Gasteiger partial charge is 0.374 e. The number of halogens is 1. The van der Waals surface area contributed by atoms with Gasteiger partial charge in [-0.2, -0.15) is 0 Å². The van der Waals surface area contributed by atoms with E-state index in [1.807, 2.05) is 12.1 Å². The number of rotatable bonds is 5. The van der Waals surface area contributed by atoms with Crippen molar-refractivity contribution in [1.29, 1.82) is 0 Å². The molecule has 0 aliphatic carbocycles. The van der Waals surface area contributed by atoms with Crippen LogP contribution in [0.3, 0.4) is 0 Å². The maximum atomic E-state index is 13.2. The number of amides is 1. The second kappa shape index (κ2) is 8.21. The third-order valence-corrected chi connectivity index (χ3v) is 4.88. The molecule has 1 unspecified atom stereocenters. The third kappa shape index (κ3) is 4.75. The van der Waals surface area contributed by atoms with Crippen LogP contribution in [0.25, 0.3) is 0 Å². The van der Waals surface area contributed by atoms with Gasteiger partial charge in [-0.1, -0.05) is 13.0 Å². The number of nitrogens with zero attached hydrogens (tertiary/aromatic N) is 1. The summed E-state index contributed by atoms with van der Waals surface area (Å²) in [5.74, 6) is 0.237. The molecular formula is C21H26FN3O. The average molecular weight is 355 g/mol. The smallest absolute Gasteiger partial charge is 0.246 e. The number of hydrogen-bond donors (Lipinski definition) is 2. The molecule has 1 heterocycles. The summed E-state index contributed by atoms with van der Waals surface area (Å²) in [4.78, 5) is 14.7. The highest BCUT2D eigenvalue weighted by Crippen LogP contribution is 2.24. The second-order valence-corrected chi connectivity index (χ2v) is 7.08. The van der Waals surface area contributed by atoms with Crippen molar-refractivity contribution in [2.24, 2.45) is 5.92 Å². The van der Waals surface area contributed by atoms with Crippen LogP contribution in [0, 0.1) is 11.7 Å². The average Bonchev–Trinajstić information content (AvgIpc) is 2.63. The molecular weight excluding hydrogens is 329 g/mol. The van der Waals surface area contributed by atoms with Crippen molar-refractivity contribution < 1.29 is 9.18 Å². The lowest BCUT2D eigenvalue weighted by atomic mass is 9.99. The molecule has 1 saturated heterocycles. The molecule has 0 saturated carbocycles. The molecule has 2 aromatic rings. The van der Waals surface area contributed by atoms with E-state index < -0.39 is 6.04 Å². The van der Waals surface area contributed by atoms with Crippen LogP contribution in [0.2, 0.25) is 0 Å². The van der Waals surface area contributed by atoms with Gasteiger partial charge >= 0.3 is 0 Å². The lowest BCUT2D eigenvalue weighted by Gasteiger charge is -2.32. The molecule has 1 aliphatic heterocycles. The van der Waals surface area contributed by atoms with E-state index in [0.29, 0.717) is 5.69 Å². The van der Waals surface area contributed by atoms with E-state index in [-0.39, 0.29) is 11.7 Å². The number of carbonyl (C=O) groups excluding carboxylic acids is 1. The molecule has 1 atom stereocenters. The molecule has 3 rings (SSSR count). The zero-order valence-corrected chi connectivity index (χ0v) is 15.3. The van der Waals surface area contributed by atoms with Gasteiger partial charge in [0.2, 0.25) is 5.91 Å². The van der Waals surface area contributed by atoms with E-state index in [1.165, 1.54) is 30.7 Å². The van der Waals surface area contributed by atoms with Crippen molar-refractivity contribution >= 4 is 23.0 Å². The first kappa shape index (κ1) is 18.2. The molecule has 1 aliphatic rings. The van der Waals surface area contributed by atoms with Crippen LogP contribution >= 0.6 is 0 Å². The van der Waals surface area contributed by atoms with Gasteiger partial charge in [0.25, 0.3) is 0 Å². The predicted octanol–water partition coefficient (Wildman–Crippen LogP) is 4.50. The Morgan fingerprint density at radius 3 is 2.46 bits per heavy atom. The highest BCUT2D eigenvalue weighted by atomic mass is 19.1. The quantitative estimate of drug-likeness (QED) is 0.830. The summed E-state index contributed by atoms with van der Waals surface area (Å²) in [6.07, 6.45) is 2.47. The van der Waals surface area contributed by atoms with Crippen LogP contribution in [-0.2, 0) is 4.79 Å². The van der Waals surface area contributed by atoms with Crippen LogP contribution in [0.1, 0.15) is 26.7 Å². The van der Waals surface area contributed by atoms with E-state index in [2.05, 4.69) is 34.6 Å². The zero-order valence-electron chi connectivity index (χ0n) is 15.3. The molecule has 0 spiro atoms. The van der Waals surface area contributed by atoms with E-state index >= 15 is 0 Å². The van der Waals surface area contributed by atoms with E-state index in [4.69, 9.17) is 0 Å². The van der Waals surface area contributed by atoms with Crippen molar-refractivity contribution in [3.63, 3.8) is 0 Å². The van der Waals surface area contributed by atoms with E-state index in [1.54, 1.807) is 19.1 Å². The number of anilines is 3. The first-order valence-corrected chi connectivity index (χ1v) is 9.19. The summed E-state index contributed by atoms with van der Waals surface area (Å²) in [6, 6.07) is 13.6. The lowest BCUT2D eigenvalue weighted by Crippen LogP contribution is -2.33. The summed E-state index contributed by atoms with van der Waals surface area (Å²) >= 11 is 0. The fourth-order valence-corrected chi connectivity index (χ4v) is 3.17. The first-order valence-electron chi connectivity index (χ1n) is 9.19. The number of piperidine rings is 1. The van der Waals surface area contributed by atoms with E-state index in [0.717, 1.165) is 24.7 Å². The summed E-state index contributed by atoms with van der Waals surface area (Å²) in [7, 11) is 0. The van der Waals surface area contributed by atoms with Crippen molar-refractivity contribution in [3.05, 3.63) is 54.3 Å². The summed E-state index contributed by atoms with van der Waals surface area (Å²) in [5.41, 5.74) is 2.57. The van der Waals surface area contributed by atoms with Gasteiger partial charge in [0.15, 0.2) is 0 Å². The van der Waals surface area contributed by atoms with E-state index in [9.17, 15) is 9.18 Å². The highest BCUT2D eigenvalue weighted by Gasteiger charge is 2.16. The van der Waals surface area contributed by atoms with Crippen LogP contribution in [0.15, 0.2) is 48.5 Å². The van der Waals surface area contributed by atoms with Crippen molar-refractivity contribution in [2.75, 3.05) is 28.6 Å². The molecule has 1 amide bonds. The number of benzene rings is 2. The van der Waals surface area contributed by atoms with Gasteiger partial charge in [-0.05, 0) is 68.1 Å². The standard InChI is InChI=1S/C21H26FN3O/c1-15-10-12-25(13-11-15)20-8-6-18(7-9-20)23-16(2)21(26)24-19-5-3-4-17(22)14-19/h3-9,14-16,23H,10-13H2,1-2H3,(H,24,26). The topological polar surface area (TPSA) is 44.4 Å². The number of carbonyl (C=O) groups is 1. The Balaban J connectivity index is 1.55. The zero-order chi connectivity index (χ0) is 18.5. The SMILES string of the molecule is CC1CCN(c2ccc(NC(C)C(=O)Nc3cccc(F)c3)cc2)CC1. The number of nitrogens with one attached hydrogen (secondary N) is 2. The van der Waals surface area contributed by atoms with Crippen LogP contribution < -0.4 is 15.5 Å². The molecule has 138 valence electrons. The summed E-state index contributed by atoms with van der Waals surface area (Å²) in [5, 5.41) is 5.91. The molecule has 0 aromatic heterocycles. The Labute approximate surface area is 154 Å². The minimum Gasteiger partial charge on any atom is -0.374 e. The van der Waals surface area contributed by atoms with Crippen molar-refractivity contribution in [2.45, 2.75) is 32.7 Å². The first-order chi connectivity index (χ1) is 12.5. The van der Waals surface area contributed by atoms with Crippen LogP contribution in [0.5, 0.6) is 0 Å². The molecule has 1 fully saturated rings. The Kier molecular flexibility index (Phi) is 5.76. The summed E-state index contributed by atoms with van der Waals surface area (Å²) in [6.45, 7) is 6.29. The summed E-state index contributed by atoms with van der Waals surface area (Å²) < 4.78 is 13.2. The van der Waals surface area contributed by atoms with Gasteiger partial charge in [0.05, 0.1) is 0 Å². The lowest BCUT2D eigenvalue weighted by molar-refractivity contribution is -0.116. The van der Waals surface area contributed by atoms with Gasteiger partial charge in [-0.3, -0.25) is 4.79 Å². The molecule has 2 aromatic carbocycles. The normalized spacial score (nSPS) is 16.2. The molecule has 4 nitrogen and oxygen atoms in total. The number of hydrogen-bond acceptors (Lipinski definition) is 3. The second-order valence-electron chi connectivity index (χ2n) is 7.08. The molecule has 5 heteroatoms. The minimum atomic E-state index is -0.431. The fourth-order valence-electron chi connectivity index (χ4n) is 3.17. The van der Waals surface area contributed by atoms with Gasteiger partial charge < -0.3 is 15.5 Å². The Morgan fingerprint density at radius 2 is 1.81 bits per heavy atom. The molecule has 26 heavy (non-hydrogen) atoms. The van der Waals surface area contributed by atoms with Crippen LogP contribution in [-0.4, -0.2) is 25.0 Å². The van der Waals surface area contributed by atoms with Crippen molar-refractivity contribution in [3.8, 4) is 0 Å². The van der Waals surface area contributed by atoms with Crippen molar-refractivity contribution in [1.82, 2.24) is 0 Å². The van der Waals surface area contributed by atoms with Gasteiger partial charge in [-0.15, -0.1) is 0 Å². The molecule has 0 bridgehead atoms. The minimum absolute atomic E-state index is 0.204. The van der Waals surface area contributed by atoms with Crippen LogP contribution in [0.4, 0.5) is 21.5 Å². The van der Waals surface area contributed by atoms with Gasteiger partial charge in [0, 0.05) is 30.2 Å². The Morgan fingerprint density at radius 1 is 1.12 bits per heavy atom. The maximum Gasteiger partial charge on any atom is 0.246 e. The third-order valence-electron chi connectivity index (χ3n) is 4.88. The van der Waals surface area contributed by atoms with Gasteiger partial charge in [-0.25, -0.2) is 4.39 Å². The Bertz CT molecular complexity index is 739. The fraction of sp³-hybridized carbons (Fsp3) is 0.381. The monoisotopic (exact) mass is 355 g/mol. The maximum absolute atomic E-state index is 13.2. The highest BCUT2D eigenvalue weighted by molar-refractivity contribution is 5.96. The van der Waals surface area contributed by atoms with Gasteiger partial charge in [0.1, 0.15) is 11.9 Å². The Hall–Kier alpha value is -2.56. The molecule has 2 N–H and O–H groups in total.